The van der Waals surface area contributed by atoms with Gasteiger partial charge in [-0.25, -0.2) is 0 Å². The molecule has 0 bridgehead atoms. The van der Waals surface area contributed by atoms with Gasteiger partial charge in [-0.3, -0.25) is 4.79 Å². The van der Waals surface area contributed by atoms with E-state index in [4.69, 9.17) is 4.74 Å². The third kappa shape index (κ3) is 3.84. The number of hydrogen-bond donors (Lipinski definition) is 0. The topological polar surface area (TPSA) is 29.5 Å². The van der Waals surface area contributed by atoms with Gasteiger partial charge in [0.15, 0.2) is 0 Å². The van der Waals surface area contributed by atoms with Crippen LogP contribution in [0.25, 0.3) is 0 Å². The molecule has 24 heavy (non-hydrogen) atoms. The summed E-state index contributed by atoms with van der Waals surface area (Å²) < 4.78 is 5.43. The number of thiophene rings is 1. The van der Waals surface area contributed by atoms with Gasteiger partial charge in [0.2, 0.25) is 0 Å². The van der Waals surface area contributed by atoms with Crippen LogP contribution in [0.15, 0.2) is 72.1 Å². The second kappa shape index (κ2) is 7.79. The van der Waals surface area contributed by atoms with Crippen molar-refractivity contribution in [1.29, 1.82) is 0 Å². The maximum absolute atomic E-state index is 13.0. The maximum Gasteiger partial charge on any atom is 0.254 e. The lowest BCUT2D eigenvalue weighted by molar-refractivity contribution is 0.0730. The average Bonchev–Trinajstić information content (AvgIpc) is 3.15. The quantitative estimate of drug-likeness (QED) is 0.658. The number of ether oxygens (including phenoxy) is 1. The molecule has 0 fully saturated rings. The molecule has 122 valence electrons. The van der Waals surface area contributed by atoms with Crippen LogP contribution >= 0.6 is 11.3 Å². The van der Waals surface area contributed by atoms with Crippen LogP contribution in [0.3, 0.4) is 0 Å². The molecule has 1 amide bonds. The van der Waals surface area contributed by atoms with E-state index in [2.05, 4.69) is 6.07 Å². The van der Waals surface area contributed by atoms with Gasteiger partial charge in [0.1, 0.15) is 5.75 Å². The molecule has 0 N–H and O–H groups in total. The van der Waals surface area contributed by atoms with E-state index in [0.29, 0.717) is 18.7 Å². The minimum Gasteiger partial charge on any atom is -0.496 e. The maximum atomic E-state index is 13.0. The third-order valence-corrected chi connectivity index (χ3v) is 4.65. The Morgan fingerprint density at radius 2 is 1.71 bits per heavy atom. The van der Waals surface area contributed by atoms with Crippen molar-refractivity contribution in [2.75, 3.05) is 7.11 Å². The van der Waals surface area contributed by atoms with E-state index in [0.717, 1.165) is 16.2 Å². The number of nitrogens with zero attached hydrogens (tertiary/aromatic N) is 1. The molecule has 0 aliphatic rings. The number of rotatable bonds is 6. The van der Waals surface area contributed by atoms with Crippen molar-refractivity contribution in [3.63, 3.8) is 0 Å². The highest BCUT2D eigenvalue weighted by Crippen LogP contribution is 2.22. The van der Waals surface area contributed by atoms with Gasteiger partial charge >= 0.3 is 0 Å². The van der Waals surface area contributed by atoms with Crippen molar-refractivity contribution in [3.8, 4) is 5.75 Å². The van der Waals surface area contributed by atoms with Gasteiger partial charge in [0.25, 0.3) is 5.91 Å². The number of carbonyl (C=O) groups excluding carboxylic acids is 1. The first-order valence-electron chi connectivity index (χ1n) is 7.76. The van der Waals surface area contributed by atoms with E-state index in [-0.39, 0.29) is 5.91 Å². The molecule has 0 saturated carbocycles. The lowest BCUT2D eigenvalue weighted by Gasteiger charge is -2.23. The highest BCUT2D eigenvalue weighted by Gasteiger charge is 2.18. The van der Waals surface area contributed by atoms with Crippen molar-refractivity contribution < 1.29 is 9.53 Å². The summed E-state index contributed by atoms with van der Waals surface area (Å²) in [5, 5.41) is 2.03. The van der Waals surface area contributed by atoms with Crippen LogP contribution in [-0.4, -0.2) is 17.9 Å². The first-order valence-corrected chi connectivity index (χ1v) is 8.64. The first-order chi connectivity index (χ1) is 11.8. The highest BCUT2D eigenvalue weighted by atomic mass is 32.1. The number of carbonyl (C=O) groups is 1. The zero-order chi connectivity index (χ0) is 16.8. The molecule has 0 unspecified atom stereocenters. The molecule has 0 saturated heterocycles. The number of amides is 1. The molecule has 3 nitrogen and oxygen atoms in total. The van der Waals surface area contributed by atoms with Crippen LogP contribution in [0.2, 0.25) is 0 Å². The summed E-state index contributed by atoms with van der Waals surface area (Å²) in [6.45, 7) is 1.10. The minimum absolute atomic E-state index is 0.0231. The molecule has 0 aliphatic carbocycles. The van der Waals surface area contributed by atoms with Crippen molar-refractivity contribution in [1.82, 2.24) is 4.90 Å². The summed E-state index contributed by atoms with van der Waals surface area (Å²) in [6, 6.07) is 21.3. The Balaban J connectivity index is 1.88. The van der Waals surface area contributed by atoms with Gasteiger partial charge in [-0.2, -0.15) is 0 Å². The van der Waals surface area contributed by atoms with Crippen LogP contribution in [0.4, 0.5) is 0 Å². The fraction of sp³-hybridized carbons (Fsp3) is 0.150. The summed E-state index contributed by atoms with van der Waals surface area (Å²) in [5.74, 6) is 0.824. The van der Waals surface area contributed by atoms with Gasteiger partial charge in [-0.15, -0.1) is 11.3 Å². The molecular weight excluding hydrogens is 318 g/mol. The normalized spacial score (nSPS) is 10.4. The molecule has 2 aromatic carbocycles. The zero-order valence-electron chi connectivity index (χ0n) is 13.5. The fourth-order valence-corrected chi connectivity index (χ4v) is 3.31. The summed E-state index contributed by atoms with van der Waals surface area (Å²) in [7, 11) is 1.65. The molecule has 4 heteroatoms. The van der Waals surface area contributed by atoms with Gasteiger partial charge in [-0.1, -0.05) is 42.5 Å². The van der Waals surface area contributed by atoms with E-state index < -0.39 is 0 Å². The highest BCUT2D eigenvalue weighted by molar-refractivity contribution is 7.09. The third-order valence-electron chi connectivity index (χ3n) is 3.79. The number of hydrogen-bond acceptors (Lipinski definition) is 3. The number of benzene rings is 2. The second-order valence-electron chi connectivity index (χ2n) is 5.42. The smallest absolute Gasteiger partial charge is 0.254 e. The summed E-state index contributed by atoms with van der Waals surface area (Å²) in [5.41, 5.74) is 1.70. The van der Waals surface area contributed by atoms with Crippen LogP contribution in [-0.2, 0) is 13.1 Å². The molecule has 1 aromatic heterocycles. The van der Waals surface area contributed by atoms with Crippen molar-refractivity contribution in [2.45, 2.75) is 13.1 Å². The SMILES string of the molecule is COc1ccccc1CN(Cc1cccs1)C(=O)c1ccccc1. The summed E-state index contributed by atoms with van der Waals surface area (Å²) >= 11 is 1.66. The number of para-hydroxylation sites is 1. The molecule has 0 radical (unpaired) electrons. The molecule has 0 atom stereocenters. The van der Waals surface area contributed by atoms with Crippen molar-refractivity contribution in [3.05, 3.63) is 88.1 Å². The first kappa shape index (κ1) is 16.3. The predicted octanol–water partition coefficient (Wildman–Crippen LogP) is 4.60. The Labute approximate surface area is 146 Å². The van der Waals surface area contributed by atoms with E-state index in [1.165, 1.54) is 0 Å². The monoisotopic (exact) mass is 337 g/mol. The number of methoxy groups -OCH3 is 1. The van der Waals surface area contributed by atoms with Crippen molar-refractivity contribution >= 4 is 17.2 Å². The Bertz CT molecular complexity index is 784. The van der Waals surface area contributed by atoms with Crippen molar-refractivity contribution in [2.24, 2.45) is 0 Å². The lowest BCUT2D eigenvalue weighted by atomic mass is 10.1. The summed E-state index contributed by atoms with van der Waals surface area (Å²) in [6.07, 6.45) is 0. The molecule has 1 heterocycles. The zero-order valence-corrected chi connectivity index (χ0v) is 14.3. The van der Waals surface area contributed by atoms with Crippen LogP contribution in [0, 0.1) is 0 Å². The van der Waals surface area contributed by atoms with E-state index >= 15 is 0 Å². The van der Waals surface area contributed by atoms with Gasteiger partial charge < -0.3 is 9.64 Å². The Morgan fingerprint density at radius 3 is 2.42 bits per heavy atom. The van der Waals surface area contributed by atoms with Gasteiger partial charge in [-0.05, 0) is 29.6 Å². The lowest BCUT2D eigenvalue weighted by Crippen LogP contribution is -2.30. The molecule has 3 aromatic rings. The Kier molecular flexibility index (Phi) is 5.29. The van der Waals surface area contributed by atoms with Gasteiger partial charge in [0, 0.05) is 16.0 Å². The van der Waals surface area contributed by atoms with Crippen LogP contribution < -0.4 is 4.74 Å². The second-order valence-corrected chi connectivity index (χ2v) is 6.45. The fourth-order valence-electron chi connectivity index (χ4n) is 2.59. The summed E-state index contributed by atoms with van der Waals surface area (Å²) in [4.78, 5) is 16.0. The molecular formula is C20H19NO2S. The van der Waals surface area contributed by atoms with E-state index in [1.807, 2.05) is 70.9 Å². The molecule has 3 rings (SSSR count). The van der Waals surface area contributed by atoms with E-state index in [1.54, 1.807) is 18.4 Å². The molecule has 0 aliphatic heterocycles. The van der Waals surface area contributed by atoms with Gasteiger partial charge in [0.05, 0.1) is 20.2 Å². The Morgan fingerprint density at radius 1 is 0.958 bits per heavy atom. The van der Waals surface area contributed by atoms with E-state index in [9.17, 15) is 4.79 Å². The standard InChI is InChI=1S/C20H19NO2S/c1-23-19-12-6-5-10-17(19)14-21(15-18-11-7-13-24-18)20(22)16-8-3-2-4-9-16/h2-13H,14-15H2,1H3. The van der Waals surface area contributed by atoms with Crippen LogP contribution in [0.5, 0.6) is 5.75 Å². The van der Waals surface area contributed by atoms with Crippen LogP contribution in [0.1, 0.15) is 20.8 Å². The largest absolute Gasteiger partial charge is 0.496 e. The Hall–Kier alpha value is -2.59. The average molecular weight is 337 g/mol. The molecule has 0 spiro atoms. The predicted molar refractivity (Wildman–Crippen MR) is 97.3 cm³/mol. The minimum atomic E-state index is 0.0231.